The van der Waals surface area contributed by atoms with Crippen molar-refractivity contribution < 1.29 is 14.0 Å². The maximum absolute atomic E-state index is 13.3. The average Bonchev–Trinajstić information content (AvgIpc) is 2.60. The summed E-state index contributed by atoms with van der Waals surface area (Å²) in [6, 6.07) is 6.24. The molecule has 0 aromatic heterocycles. The molecule has 0 bridgehead atoms. The van der Waals surface area contributed by atoms with Crippen LogP contribution in [0.4, 0.5) is 9.18 Å². The molecule has 3 unspecified atom stereocenters. The fourth-order valence-electron chi connectivity index (χ4n) is 4.25. The molecule has 2 aliphatic rings. The minimum Gasteiger partial charge on any atom is -0.354 e. The highest BCUT2D eigenvalue weighted by Crippen LogP contribution is 2.37. The van der Waals surface area contributed by atoms with Gasteiger partial charge in [-0.3, -0.25) is 4.79 Å². The summed E-state index contributed by atoms with van der Waals surface area (Å²) in [4.78, 5) is 25.0. The molecular weight excluding hydrogens is 357 g/mol. The predicted molar refractivity (Wildman–Crippen MR) is 107 cm³/mol. The standard InChI is InChI=1S/C22H32FN3O2/c1-14(2)24-21(27)17-7-4-8-19(13-17)25-22(28)26-20(15-5-3-6-15)16-9-11-18(23)12-10-16/h9-12,14-15,17,19-20H,3-8,13H2,1-2H3,(H,24,27)(H2,25,26,28). The summed E-state index contributed by atoms with van der Waals surface area (Å²) in [5.41, 5.74) is 0.944. The highest BCUT2D eigenvalue weighted by atomic mass is 19.1. The molecule has 1 aromatic carbocycles. The lowest BCUT2D eigenvalue weighted by Gasteiger charge is -2.35. The van der Waals surface area contributed by atoms with Crippen LogP contribution in [0.25, 0.3) is 0 Å². The second kappa shape index (κ2) is 9.39. The Morgan fingerprint density at radius 2 is 1.68 bits per heavy atom. The maximum Gasteiger partial charge on any atom is 0.315 e. The summed E-state index contributed by atoms with van der Waals surface area (Å²) in [6.07, 6.45) is 6.69. The van der Waals surface area contributed by atoms with Crippen LogP contribution in [0.15, 0.2) is 24.3 Å². The third-order valence-corrected chi connectivity index (χ3v) is 5.95. The Balaban J connectivity index is 1.56. The number of halogens is 1. The summed E-state index contributed by atoms with van der Waals surface area (Å²) in [5.74, 6) is 0.169. The molecule has 2 saturated carbocycles. The van der Waals surface area contributed by atoms with Crippen LogP contribution in [-0.2, 0) is 4.79 Å². The number of hydrogen-bond acceptors (Lipinski definition) is 2. The molecule has 3 amide bonds. The van der Waals surface area contributed by atoms with E-state index in [1.54, 1.807) is 12.1 Å². The first-order chi connectivity index (χ1) is 13.4. The Bertz CT molecular complexity index is 673. The minimum absolute atomic E-state index is 0.00641. The highest BCUT2D eigenvalue weighted by molar-refractivity contribution is 5.79. The van der Waals surface area contributed by atoms with E-state index in [2.05, 4.69) is 16.0 Å². The average molecular weight is 390 g/mol. The molecule has 28 heavy (non-hydrogen) atoms. The van der Waals surface area contributed by atoms with Gasteiger partial charge in [-0.05, 0) is 69.6 Å². The first-order valence-corrected chi connectivity index (χ1v) is 10.5. The summed E-state index contributed by atoms with van der Waals surface area (Å²) in [7, 11) is 0. The Hall–Kier alpha value is -2.11. The summed E-state index contributed by atoms with van der Waals surface area (Å²) < 4.78 is 13.3. The molecule has 5 nitrogen and oxygen atoms in total. The van der Waals surface area contributed by atoms with Gasteiger partial charge >= 0.3 is 6.03 Å². The van der Waals surface area contributed by atoms with Crippen LogP contribution < -0.4 is 16.0 Å². The van der Waals surface area contributed by atoms with Gasteiger partial charge in [-0.25, -0.2) is 9.18 Å². The fraction of sp³-hybridized carbons (Fsp3) is 0.636. The van der Waals surface area contributed by atoms with Gasteiger partial charge in [0, 0.05) is 18.0 Å². The number of carbonyl (C=O) groups excluding carboxylic acids is 2. The van der Waals surface area contributed by atoms with Crippen LogP contribution in [0.5, 0.6) is 0 Å². The van der Waals surface area contributed by atoms with E-state index in [1.807, 2.05) is 13.8 Å². The second-order valence-electron chi connectivity index (χ2n) is 8.56. The first kappa shape index (κ1) is 20.6. The third-order valence-electron chi connectivity index (χ3n) is 5.95. The van der Waals surface area contributed by atoms with Crippen molar-refractivity contribution in [2.75, 3.05) is 0 Å². The van der Waals surface area contributed by atoms with Gasteiger partial charge < -0.3 is 16.0 Å². The van der Waals surface area contributed by atoms with Crippen LogP contribution in [0.2, 0.25) is 0 Å². The molecule has 0 aliphatic heterocycles. The van der Waals surface area contributed by atoms with Crippen molar-refractivity contribution in [3.63, 3.8) is 0 Å². The molecule has 0 saturated heterocycles. The molecule has 2 fully saturated rings. The van der Waals surface area contributed by atoms with Crippen LogP contribution in [0, 0.1) is 17.7 Å². The number of benzene rings is 1. The summed E-state index contributed by atoms with van der Waals surface area (Å²) in [5, 5.41) is 9.15. The Labute approximate surface area is 166 Å². The smallest absolute Gasteiger partial charge is 0.315 e. The van der Waals surface area contributed by atoms with E-state index in [0.717, 1.165) is 37.7 Å². The monoisotopic (exact) mass is 389 g/mol. The second-order valence-corrected chi connectivity index (χ2v) is 8.56. The van der Waals surface area contributed by atoms with Crippen molar-refractivity contribution in [2.45, 2.75) is 76.9 Å². The van der Waals surface area contributed by atoms with Crippen LogP contribution in [0.1, 0.15) is 70.4 Å². The van der Waals surface area contributed by atoms with Crippen molar-refractivity contribution in [3.05, 3.63) is 35.6 Å². The summed E-state index contributed by atoms with van der Waals surface area (Å²) >= 11 is 0. The molecule has 0 radical (unpaired) electrons. The molecule has 154 valence electrons. The third kappa shape index (κ3) is 5.46. The maximum atomic E-state index is 13.3. The normalized spacial score (nSPS) is 23.6. The summed E-state index contributed by atoms with van der Waals surface area (Å²) in [6.45, 7) is 3.92. The number of carbonyl (C=O) groups is 2. The van der Waals surface area contributed by atoms with Crippen molar-refractivity contribution in [2.24, 2.45) is 11.8 Å². The molecule has 3 N–H and O–H groups in total. The molecule has 3 rings (SSSR count). The number of hydrogen-bond donors (Lipinski definition) is 3. The van der Waals surface area contributed by atoms with E-state index in [1.165, 1.54) is 18.6 Å². The van der Waals surface area contributed by atoms with E-state index < -0.39 is 0 Å². The van der Waals surface area contributed by atoms with Gasteiger partial charge in [-0.1, -0.05) is 25.0 Å². The van der Waals surface area contributed by atoms with E-state index in [4.69, 9.17) is 0 Å². The van der Waals surface area contributed by atoms with Crippen LogP contribution in [-0.4, -0.2) is 24.0 Å². The zero-order valence-electron chi connectivity index (χ0n) is 16.8. The van der Waals surface area contributed by atoms with Crippen molar-refractivity contribution in [1.82, 2.24) is 16.0 Å². The van der Waals surface area contributed by atoms with E-state index in [0.29, 0.717) is 12.3 Å². The zero-order chi connectivity index (χ0) is 20.1. The van der Waals surface area contributed by atoms with Gasteiger partial charge in [-0.2, -0.15) is 0 Å². The van der Waals surface area contributed by atoms with E-state index in [9.17, 15) is 14.0 Å². The number of rotatable bonds is 6. The molecule has 0 spiro atoms. The number of urea groups is 1. The topological polar surface area (TPSA) is 70.2 Å². The molecular formula is C22H32FN3O2. The fourth-order valence-corrected chi connectivity index (χ4v) is 4.25. The molecule has 6 heteroatoms. The van der Waals surface area contributed by atoms with Gasteiger partial charge in [0.15, 0.2) is 0 Å². The van der Waals surface area contributed by atoms with Crippen molar-refractivity contribution in [1.29, 1.82) is 0 Å². The quantitative estimate of drug-likeness (QED) is 0.687. The predicted octanol–water partition coefficient (Wildman–Crippen LogP) is 4.05. The largest absolute Gasteiger partial charge is 0.354 e. The van der Waals surface area contributed by atoms with Gasteiger partial charge in [0.05, 0.1) is 6.04 Å². The van der Waals surface area contributed by atoms with Gasteiger partial charge in [-0.15, -0.1) is 0 Å². The van der Waals surface area contributed by atoms with Crippen LogP contribution in [0.3, 0.4) is 0 Å². The van der Waals surface area contributed by atoms with Gasteiger partial charge in [0.2, 0.25) is 5.91 Å². The Kier molecular flexibility index (Phi) is 6.92. The number of nitrogens with one attached hydrogen (secondary N) is 3. The lowest BCUT2D eigenvalue weighted by atomic mass is 9.77. The highest BCUT2D eigenvalue weighted by Gasteiger charge is 2.32. The van der Waals surface area contributed by atoms with Crippen LogP contribution >= 0.6 is 0 Å². The zero-order valence-corrected chi connectivity index (χ0v) is 16.8. The van der Waals surface area contributed by atoms with Gasteiger partial charge in [0.25, 0.3) is 0 Å². The molecule has 2 aliphatic carbocycles. The number of amides is 3. The van der Waals surface area contributed by atoms with E-state index >= 15 is 0 Å². The molecule has 1 aromatic rings. The van der Waals surface area contributed by atoms with Gasteiger partial charge in [0.1, 0.15) is 5.82 Å². The Morgan fingerprint density at radius 1 is 1.00 bits per heavy atom. The lowest BCUT2D eigenvalue weighted by Crippen LogP contribution is -2.48. The van der Waals surface area contributed by atoms with Crippen molar-refractivity contribution >= 4 is 11.9 Å². The van der Waals surface area contributed by atoms with Crippen molar-refractivity contribution in [3.8, 4) is 0 Å². The molecule has 3 atom stereocenters. The van der Waals surface area contributed by atoms with E-state index in [-0.39, 0.29) is 41.8 Å². The SMILES string of the molecule is CC(C)NC(=O)C1CCCC(NC(=O)NC(c2ccc(F)cc2)C2CCC2)C1. The lowest BCUT2D eigenvalue weighted by molar-refractivity contribution is -0.126. The molecule has 0 heterocycles. The minimum atomic E-state index is -0.270. The Morgan fingerprint density at radius 3 is 2.29 bits per heavy atom. The first-order valence-electron chi connectivity index (χ1n) is 10.5.